The van der Waals surface area contributed by atoms with E-state index in [0.29, 0.717) is 5.82 Å². The van der Waals surface area contributed by atoms with Crippen LogP contribution in [0, 0.1) is 6.92 Å². The molecule has 2 N–H and O–H groups in total. The van der Waals surface area contributed by atoms with Gasteiger partial charge in [0.25, 0.3) is 10.0 Å². The average molecular weight is 318 g/mol. The van der Waals surface area contributed by atoms with Crippen molar-refractivity contribution < 1.29 is 23.1 Å². The first kappa shape index (κ1) is 17.1. The lowest BCUT2D eigenvalue weighted by molar-refractivity contribution is -0.143. The average Bonchev–Trinajstić information content (AvgIpc) is 2.69. The van der Waals surface area contributed by atoms with Crippen molar-refractivity contribution in [1.82, 2.24) is 19.2 Å². The van der Waals surface area contributed by atoms with Gasteiger partial charge in [0.05, 0.1) is 0 Å². The van der Waals surface area contributed by atoms with E-state index in [9.17, 15) is 18.0 Å². The minimum Gasteiger partial charge on any atom is -0.480 e. The van der Waals surface area contributed by atoms with Crippen molar-refractivity contribution in [3.63, 3.8) is 0 Å². The van der Waals surface area contributed by atoms with Gasteiger partial charge in [-0.2, -0.15) is 0 Å². The van der Waals surface area contributed by atoms with Gasteiger partial charge in [-0.25, -0.2) is 18.1 Å². The maximum Gasteiger partial charge on any atom is 0.323 e. The summed E-state index contributed by atoms with van der Waals surface area (Å²) >= 11 is 0. The zero-order valence-corrected chi connectivity index (χ0v) is 12.8. The predicted molar refractivity (Wildman–Crippen MR) is 73.0 cm³/mol. The third kappa shape index (κ3) is 4.83. The number of aromatic nitrogens is 2. The Hall–Kier alpha value is -1.94. The summed E-state index contributed by atoms with van der Waals surface area (Å²) in [7, 11) is -0.763. The molecule has 0 radical (unpaired) electrons. The van der Waals surface area contributed by atoms with Gasteiger partial charge in [-0.1, -0.05) is 0 Å². The quantitative estimate of drug-likeness (QED) is 0.661. The molecule has 0 aliphatic rings. The lowest BCUT2D eigenvalue weighted by Crippen LogP contribution is -2.35. The summed E-state index contributed by atoms with van der Waals surface area (Å²) in [6.07, 6.45) is 1.24. The number of rotatable bonds is 7. The van der Waals surface area contributed by atoms with Crippen LogP contribution >= 0.6 is 0 Å². The second-order valence-corrected chi connectivity index (χ2v) is 6.24. The summed E-state index contributed by atoms with van der Waals surface area (Å²) < 4.78 is 27.7. The highest BCUT2D eigenvalue weighted by molar-refractivity contribution is 7.89. The molecule has 0 saturated carbocycles. The van der Waals surface area contributed by atoms with E-state index < -0.39 is 28.4 Å². The minimum absolute atomic E-state index is 0.117. The molecule has 118 valence electrons. The van der Waals surface area contributed by atoms with E-state index in [1.807, 2.05) is 0 Å². The number of carboxylic acid groups (broad SMARTS) is 1. The Balaban J connectivity index is 2.55. The number of carboxylic acids is 1. The fraction of sp³-hybridized carbons (Fsp3) is 0.545. The highest BCUT2D eigenvalue weighted by Crippen LogP contribution is 2.07. The number of hydrogen-bond donors (Lipinski definition) is 2. The Kier molecular flexibility index (Phi) is 5.44. The van der Waals surface area contributed by atoms with Crippen molar-refractivity contribution >= 4 is 21.9 Å². The van der Waals surface area contributed by atoms with E-state index in [1.165, 1.54) is 13.2 Å². The minimum atomic E-state index is -3.78. The first-order chi connectivity index (χ1) is 9.63. The highest BCUT2D eigenvalue weighted by atomic mass is 32.2. The number of carbonyl (C=O) groups excluding carboxylic acids is 1. The van der Waals surface area contributed by atoms with Gasteiger partial charge in [0.2, 0.25) is 5.91 Å². The highest BCUT2D eigenvalue weighted by Gasteiger charge is 2.19. The molecule has 21 heavy (non-hydrogen) atoms. The molecule has 0 atom stereocenters. The molecule has 1 aromatic rings. The number of aryl methyl sites for hydroxylation is 2. The van der Waals surface area contributed by atoms with Crippen molar-refractivity contribution in [1.29, 1.82) is 0 Å². The van der Waals surface area contributed by atoms with Crippen LogP contribution in [0.15, 0.2) is 11.2 Å². The van der Waals surface area contributed by atoms with Crippen LogP contribution in [0.25, 0.3) is 0 Å². The van der Waals surface area contributed by atoms with Crippen LogP contribution < -0.4 is 4.72 Å². The number of carbonyl (C=O) groups is 2. The summed E-state index contributed by atoms with van der Waals surface area (Å²) in [5, 5.41) is 8.43. The summed E-state index contributed by atoms with van der Waals surface area (Å²) in [4.78, 5) is 26.9. The predicted octanol–water partition coefficient (Wildman–Crippen LogP) is -1.06. The number of amides is 1. The Labute approximate surface area is 122 Å². The van der Waals surface area contributed by atoms with Gasteiger partial charge >= 0.3 is 5.97 Å². The molecule has 0 bridgehead atoms. The van der Waals surface area contributed by atoms with E-state index in [2.05, 4.69) is 9.71 Å². The monoisotopic (exact) mass is 318 g/mol. The number of imidazole rings is 1. The molecule has 0 saturated heterocycles. The summed E-state index contributed by atoms with van der Waals surface area (Å²) in [6.45, 7) is 1.12. The molecule has 0 aliphatic heterocycles. The number of sulfonamides is 1. The molecule has 0 aliphatic carbocycles. The van der Waals surface area contributed by atoms with Crippen LogP contribution in [0.1, 0.15) is 12.2 Å². The van der Waals surface area contributed by atoms with Crippen molar-refractivity contribution in [3.8, 4) is 0 Å². The smallest absolute Gasteiger partial charge is 0.323 e. The maximum absolute atomic E-state index is 11.9. The zero-order valence-electron chi connectivity index (χ0n) is 12.0. The second kappa shape index (κ2) is 6.68. The van der Waals surface area contributed by atoms with Crippen LogP contribution in [-0.2, 0) is 26.7 Å². The lowest BCUT2D eigenvalue weighted by atomic mass is 10.4. The maximum atomic E-state index is 11.9. The van der Waals surface area contributed by atoms with Crippen LogP contribution in [0.5, 0.6) is 0 Å². The van der Waals surface area contributed by atoms with Gasteiger partial charge in [-0.15, -0.1) is 0 Å². The second-order valence-electron chi connectivity index (χ2n) is 4.53. The SMILES string of the molecule is Cc1nc(S(=O)(=O)NCCC(=O)N(C)CC(=O)O)cn1C. The van der Waals surface area contributed by atoms with E-state index in [0.717, 1.165) is 4.90 Å². The third-order valence-electron chi connectivity index (χ3n) is 2.79. The Morgan fingerprint density at radius 1 is 1.48 bits per heavy atom. The number of nitrogens with zero attached hydrogens (tertiary/aromatic N) is 3. The van der Waals surface area contributed by atoms with Crippen molar-refractivity contribution in [2.75, 3.05) is 20.1 Å². The number of likely N-dealkylation sites (N-methyl/N-ethyl adjacent to an activating group) is 1. The fourth-order valence-corrected chi connectivity index (χ4v) is 2.57. The first-order valence-electron chi connectivity index (χ1n) is 6.09. The van der Waals surface area contributed by atoms with Crippen LogP contribution in [0.3, 0.4) is 0 Å². The molecule has 1 rings (SSSR count). The normalized spacial score (nSPS) is 11.4. The van der Waals surface area contributed by atoms with E-state index in [1.54, 1.807) is 18.5 Å². The van der Waals surface area contributed by atoms with Crippen molar-refractivity contribution in [2.24, 2.45) is 7.05 Å². The summed E-state index contributed by atoms with van der Waals surface area (Å²) in [6, 6.07) is 0. The molecular formula is C11H18N4O5S. The number of nitrogens with one attached hydrogen (secondary N) is 1. The number of aliphatic carboxylic acids is 1. The molecule has 0 spiro atoms. The standard InChI is InChI=1S/C11H18N4O5S/c1-8-13-9(6-14(8)2)21(19,20)12-5-4-10(16)15(3)7-11(17)18/h6,12H,4-5,7H2,1-3H3,(H,17,18). The largest absolute Gasteiger partial charge is 0.480 e. The number of hydrogen-bond acceptors (Lipinski definition) is 5. The first-order valence-corrected chi connectivity index (χ1v) is 7.57. The molecule has 0 unspecified atom stereocenters. The van der Waals surface area contributed by atoms with Crippen molar-refractivity contribution in [3.05, 3.63) is 12.0 Å². The molecule has 0 fully saturated rings. The Morgan fingerprint density at radius 2 is 2.10 bits per heavy atom. The van der Waals surface area contributed by atoms with Crippen molar-refractivity contribution in [2.45, 2.75) is 18.4 Å². The molecule has 10 heteroatoms. The van der Waals surface area contributed by atoms with E-state index >= 15 is 0 Å². The van der Waals surface area contributed by atoms with Crippen LogP contribution in [0.4, 0.5) is 0 Å². The lowest BCUT2D eigenvalue weighted by Gasteiger charge is -2.14. The molecule has 0 aromatic carbocycles. The Bertz CT molecular complexity index is 618. The topological polar surface area (TPSA) is 122 Å². The zero-order chi connectivity index (χ0) is 16.2. The third-order valence-corrected chi connectivity index (χ3v) is 4.12. The molecule has 1 heterocycles. The van der Waals surface area contributed by atoms with E-state index in [4.69, 9.17) is 5.11 Å². The van der Waals surface area contributed by atoms with Gasteiger partial charge in [-0.3, -0.25) is 9.59 Å². The Morgan fingerprint density at radius 3 is 2.57 bits per heavy atom. The molecular weight excluding hydrogens is 300 g/mol. The van der Waals surface area contributed by atoms with E-state index in [-0.39, 0.29) is 18.0 Å². The summed E-state index contributed by atoms with van der Waals surface area (Å²) in [5.41, 5.74) is 0. The van der Waals surface area contributed by atoms with Gasteiger partial charge < -0.3 is 14.6 Å². The van der Waals surface area contributed by atoms with Gasteiger partial charge in [-0.05, 0) is 6.92 Å². The fourth-order valence-electron chi connectivity index (χ4n) is 1.50. The molecule has 1 aromatic heterocycles. The molecule has 9 nitrogen and oxygen atoms in total. The van der Waals surface area contributed by atoms with Gasteiger partial charge in [0.1, 0.15) is 12.4 Å². The van der Waals surface area contributed by atoms with Crippen LogP contribution in [-0.4, -0.2) is 60.0 Å². The van der Waals surface area contributed by atoms with Crippen LogP contribution in [0.2, 0.25) is 0 Å². The van der Waals surface area contributed by atoms with Gasteiger partial charge in [0.15, 0.2) is 5.03 Å². The van der Waals surface area contributed by atoms with Gasteiger partial charge in [0, 0.05) is 33.3 Å². The summed E-state index contributed by atoms with van der Waals surface area (Å²) in [5.74, 6) is -1.04. The molecule has 1 amide bonds.